The average Bonchev–Trinajstić information content (AvgIpc) is 2.25. The van der Waals surface area contributed by atoms with Gasteiger partial charge in [-0.25, -0.2) is 4.79 Å². The van der Waals surface area contributed by atoms with Gasteiger partial charge in [-0.1, -0.05) is 0 Å². The quantitative estimate of drug-likeness (QED) is 0.727. The molecule has 1 aromatic carbocycles. The summed E-state index contributed by atoms with van der Waals surface area (Å²) in [6, 6.07) is 5.13. The Kier molecular flexibility index (Phi) is 3.22. The standard InChI is InChI=1S/C14H18N2O3/c1-14(2,3)19-13(18)16-7-9-6-10(15)4-5-11(9)12(17)8-16/h4-6H,7-8,15H2,1-3H3. The highest BCUT2D eigenvalue weighted by Crippen LogP contribution is 2.23. The Balaban J connectivity index is 2.21. The second-order valence-electron chi connectivity index (χ2n) is 5.68. The van der Waals surface area contributed by atoms with Crippen LogP contribution in [-0.2, 0) is 11.3 Å². The van der Waals surface area contributed by atoms with E-state index < -0.39 is 11.7 Å². The summed E-state index contributed by atoms with van der Waals surface area (Å²) in [7, 11) is 0. The van der Waals surface area contributed by atoms with E-state index in [9.17, 15) is 9.59 Å². The number of carbonyl (C=O) groups is 2. The summed E-state index contributed by atoms with van der Waals surface area (Å²) in [5.41, 5.74) is 7.11. The highest BCUT2D eigenvalue weighted by molar-refractivity contribution is 6.01. The number of fused-ring (bicyclic) bond motifs is 1. The van der Waals surface area contributed by atoms with Gasteiger partial charge >= 0.3 is 6.09 Å². The van der Waals surface area contributed by atoms with Crippen LogP contribution < -0.4 is 5.73 Å². The molecule has 1 aliphatic rings. The zero-order chi connectivity index (χ0) is 14.2. The van der Waals surface area contributed by atoms with Gasteiger partial charge in [-0.3, -0.25) is 9.69 Å². The van der Waals surface area contributed by atoms with Gasteiger partial charge in [0.2, 0.25) is 0 Å². The van der Waals surface area contributed by atoms with Crippen molar-refractivity contribution in [1.82, 2.24) is 4.90 Å². The van der Waals surface area contributed by atoms with Crippen LogP contribution in [0.25, 0.3) is 0 Å². The van der Waals surface area contributed by atoms with Gasteiger partial charge in [-0.05, 0) is 44.5 Å². The monoisotopic (exact) mass is 262 g/mol. The van der Waals surface area contributed by atoms with Crippen LogP contribution in [0.3, 0.4) is 0 Å². The fourth-order valence-electron chi connectivity index (χ4n) is 1.99. The molecule has 102 valence electrons. The first-order valence-corrected chi connectivity index (χ1v) is 6.16. The summed E-state index contributed by atoms with van der Waals surface area (Å²) in [6.07, 6.45) is -0.478. The Morgan fingerprint density at radius 2 is 2.00 bits per heavy atom. The molecule has 1 heterocycles. The van der Waals surface area contributed by atoms with E-state index in [-0.39, 0.29) is 12.3 Å². The number of nitrogens with two attached hydrogens (primary N) is 1. The molecule has 0 fully saturated rings. The molecular weight excluding hydrogens is 244 g/mol. The van der Waals surface area contributed by atoms with Crippen molar-refractivity contribution in [2.24, 2.45) is 0 Å². The number of rotatable bonds is 0. The molecule has 0 unspecified atom stereocenters. The number of anilines is 1. The van der Waals surface area contributed by atoms with Crippen molar-refractivity contribution in [3.8, 4) is 0 Å². The zero-order valence-electron chi connectivity index (χ0n) is 11.4. The second-order valence-corrected chi connectivity index (χ2v) is 5.68. The fourth-order valence-corrected chi connectivity index (χ4v) is 1.99. The molecule has 0 radical (unpaired) electrons. The van der Waals surface area contributed by atoms with Gasteiger partial charge in [0.05, 0.1) is 13.1 Å². The maximum Gasteiger partial charge on any atom is 0.411 e. The first kappa shape index (κ1) is 13.4. The van der Waals surface area contributed by atoms with E-state index in [0.717, 1.165) is 5.56 Å². The molecular formula is C14H18N2O3. The first-order chi connectivity index (χ1) is 8.76. The van der Waals surface area contributed by atoms with E-state index in [1.54, 1.807) is 39.0 Å². The molecule has 0 saturated heterocycles. The SMILES string of the molecule is CC(C)(C)OC(=O)N1CC(=O)c2ccc(N)cc2C1. The Labute approximate surface area is 112 Å². The minimum atomic E-state index is -0.573. The molecule has 0 aromatic heterocycles. The first-order valence-electron chi connectivity index (χ1n) is 6.16. The van der Waals surface area contributed by atoms with Gasteiger partial charge in [0, 0.05) is 11.3 Å². The third-order valence-corrected chi connectivity index (χ3v) is 2.78. The molecule has 1 aliphatic heterocycles. The Bertz CT molecular complexity index is 532. The van der Waals surface area contributed by atoms with Crippen molar-refractivity contribution in [3.05, 3.63) is 29.3 Å². The lowest BCUT2D eigenvalue weighted by Crippen LogP contribution is -2.42. The van der Waals surface area contributed by atoms with Crippen LogP contribution >= 0.6 is 0 Å². The van der Waals surface area contributed by atoms with Crippen molar-refractivity contribution in [2.75, 3.05) is 12.3 Å². The molecule has 5 heteroatoms. The highest BCUT2D eigenvalue weighted by Gasteiger charge is 2.29. The number of nitrogen functional groups attached to an aromatic ring is 1. The molecule has 0 saturated carbocycles. The maximum absolute atomic E-state index is 12.0. The Hall–Kier alpha value is -2.04. The minimum absolute atomic E-state index is 0.0475. The van der Waals surface area contributed by atoms with E-state index in [4.69, 9.17) is 10.5 Å². The van der Waals surface area contributed by atoms with Gasteiger partial charge in [0.15, 0.2) is 5.78 Å². The fraction of sp³-hybridized carbons (Fsp3) is 0.429. The summed E-state index contributed by atoms with van der Waals surface area (Å²) < 4.78 is 5.27. The largest absolute Gasteiger partial charge is 0.444 e. The number of hydrogen-bond donors (Lipinski definition) is 1. The zero-order valence-corrected chi connectivity index (χ0v) is 11.4. The highest BCUT2D eigenvalue weighted by atomic mass is 16.6. The molecule has 0 bridgehead atoms. The number of amides is 1. The van der Waals surface area contributed by atoms with Crippen molar-refractivity contribution >= 4 is 17.6 Å². The van der Waals surface area contributed by atoms with Crippen LogP contribution in [0.4, 0.5) is 10.5 Å². The van der Waals surface area contributed by atoms with Crippen molar-refractivity contribution in [2.45, 2.75) is 32.9 Å². The molecule has 0 atom stereocenters. The number of benzene rings is 1. The third kappa shape index (κ3) is 3.05. The van der Waals surface area contributed by atoms with Gasteiger partial charge in [-0.15, -0.1) is 0 Å². The minimum Gasteiger partial charge on any atom is -0.444 e. The van der Waals surface area contributed by atoms with Gasteiger partial charge < -0.3 is 10.5 Å². The van der Waals surface area contributed by atoms with Gasteiger partial charge in [0.1, 0.15) is 5.60 Å². The van der Waals surface area contributed by atoms with Crippen LogP contribution in [0, 0.1) is 0 Å². The lowest BCUT2D eigenvalue weighted by atomic mass is 9.98. The predicted octanol–water partition coefficient (Wildman–Crippen LogP) is 2.20. The number of ketones is 1. The molecule has 1 amide bonds. The van der Waals surface area contributed by atoms with Crippen LogP contribution in [0.5, 0.6) is 0 Å². The summed E-state index contributed by atoms with van der Waals surface area (Å²) in [5, 5.41) is 0. The van der Waals surface area contributed by atoms with Crippen LogP contribution in [0.2, 0.25) is 0 Å². The van der Waals surface area contributed by atoms with E-state index in [0.29, 0.717) is 17.8 Å². The van der Waals surface area contributed by atoms with Crippen molar-refractivity contribution in [1.29, 1.82) is 0 Å². The van der Waals surface area contributed by atoms with Gasteiger partial charge in [-0.2, -0.15) is 0 Å². The smallest absolute Gasteiger partial charge is 0.411 e. The van der Waals surface area contributed by atoms with Crippen molar-refractivity contribution in [3.63, 3.8) is 0 Å². The van der Waals surface area contributed by atoms with Crippen LogP contribution in [-0.4, -0.2) is 28.9 Å². The summed E-state index contributed by atoms with van der Waals surface area (Å²) in [6.45, 7) is 5.78. The molecule has 0 aliphatic carbocycles. The summed E-state index contributed by atoms with van der Waals surface area (Å²) >= 11 is 0. The lowest BCUT2D eigenvalue weighted by Gasteiger charge is -2.30. The van der Waals surface area contributed by atoms with Crippen LogP contribution in [0.1, 0.15) is 36.7 Å². The summed E-state index contributed by atoms with van der Waals surface area (Å²) in [5.74, 6) is -0.0906. The number of carbonyl (C=O) groups excluding carboxylic acids is 2. The number of Topliss-reactive ketones (excluding diaryl/α,β-unsaturated/α-hetero) is 1. The second kappa shape index (κ2) is 4.57. The van der Waals surface area contributed by atoms with Crippen molar-refractivity contribution < 1.29 is 14.3 Å². The van der Waals surface area contributed by atoms with E-state index in [2.05, 4.69) is 0 Å². The Morgan fingerprint density at radius 1 is 1.32 bits per heavy atom. The van der Waals surface area contributed by atoms with Crippen LogP contribution in [0.15, 0.2) is 18.2 Å². The van der Waals surface area contributed by atoms with Gasteiger partial charge in [0.25, 0.3) is 0 Å². The topological polar surface area (TPSA) is 72.6 Å². The average molecular weight is 262 g/mol. The number of nitrogens with zero attached hydrogens (tertiary/aromatic N) is 1. The molecule has 2 rings (SSSR count). The molecule has 2 N–H and O–H groups in total. The Morgan fingerprint density at radius 3 is 2.63 bits per heavy atom. The molecule has 5 nitrogen and oxygen atoms in total. The molecule has 19 heavy (non-hydrogen) atoms. The number of hydrogen-bond acceptors (Lipinski definition) is 4. The number of ether oxygens (including phenoxy) is 1. The predicted molar refractivity (Wildman–Crippen MR) is 71.8 cm³/mol. The van der Waals surface area contributed by atoms with E-state index >= 15 is 0 Å². The third-order valence-electron chi connectivity index (χ3n) is 2.78. The molecule has 0 spiro atoms. The summed E-state index contributed by atoms with van der Waals surface area (Å²) in [4.78, 5) is 25.4. The normalized spacial score (nSPS) is 15.1. The van der Waals surface area contributed by atoms with E-state index in [1.807, 2.05) is 0 Å². The maximum atomic E-state index is 12.0. The van der Waals surface area contributed by atoms with E-state index in [1.165, 1.54) is 4.90 Å². The lowest BCUT2D eigenvalue weighted by molar-refractivity contribution is 0.0220. The molecule has 1 aromatic rings.